The van der Waals surface area contributed by atoms with Crippen molar-refractivity contribution in [1.29, 1.82) is 0 Å². The standard InChI is InChI=1S/C14H10BrClFNO3/c15-7-9-2-4-14(13(6-9)18(19)20)21-8-10-1-3-12(17)11(16)5-10/h1-6H,7-8H2. The Morgan fingerprint density at radius 3 is 2.57 bits per heavy atom. The smallest absolute Gasteiger partial charge is 0.311 e. The van der Waals surface area contributed by atoms with Crippen LogP contribution in [0.15, 0.2) is 36.4 Å². The number of alkyl halides is 1. The summed E-state index contributed by atoms with van der Waals surface area (Å²) in [6.07, 6.45) is 0. The van der Waals surface area contributed by atoms with Gasteiger partial charge in [-0.25, -0.2) is 4.39 Å². The lowest BCUT2D eigenvalue weighted by Gasteiger charge is -2.08. The second kappa shape index (κ2) is 6.87. The summed E-state index contributed by atoms with van der Waals surface area (Å²) in [6, 6.07) is 8.88. The van der Waals surface area contributed by atoms with E-state index in [1.165, 1.54) is 24.3 Å². The van der Waals surface area contributed by atoms with E-state index in [9.17, 15) is 14.5 Å². The third-order valence-corrected chi connectivity index (χ3v) is 3.69. The molecule has 110 valence electrons. The maximum absolute atomic E-state index is 13.0. The summed E-state index contributed by atoms with van der Waals surface area (Å²) in [6.45, 7) is 0.0640. The fourth-order valence-electron chi connectivity index (χ4n) is 1.70. The molecular weight excluding hydrogens is 365 g/mol. The van der Waals surface area contributed by atoms with Crippen molar-refractivity contribution in [2.45, 2.75) is 11.9 Å². The van der Waals surface area contributed by atoms with Crippen LogP contribution in [0.1, 0.15) is 11.1 Å². The predicted molar refractivity (Wildman–Crippen MR) is 81.5 cm³/mol. The molecule has 0 spiro atoms. The highest BCUT2D eigenvalue weighted by atomic mass is 79.9. The number of nitrogens with zero attached hydrogens (tertiary/aromatic N) is 1. The van der Waals surface area contributed by atoms with E-state index in [1.54, 1.807) is 12.1 Å². The van der Waals surface area contributed by atoms with Gasteiger partial charge in [-0.3, -0.25) is 10.1 Å². The molecule has 21 heavy (non-hydrogen) atoms. The highest BCUT2D eigenvalue weighted by Gasteiger charge is 2.16. The lowest BCUT2D eigenvalue weighted by Crippen LogP contribution is -2.00. The largest absolute Gasteiger partial charge is 0.482 e. The van der Waals surface area contributed by atoms with Gasteiger partial charge in [0.05, 0.1) is 9.95 Å². The van der Waals surface area contributed by atoms with Gasteiger partial charge in [0.15, 0.2) is 5.75 Å². The SMILES string of the molecule is O=[N+]([O-])c1cc(CBr)ccc1OCc1ccc(F)c(Cl)c1. The second-order valence-corrected chi connectivity index (χ2v) is 5.20. The normalized spacial score (nSPS) is 10.4. The third kappa shape index (κ3) is 3.92. The van der Waals surface area contributed by atoms with Gasteiger partial charge in [-0.05, 0) is 29.3 Å². The molecule has 4 nitrogen and oxygen atoms in total. The number of nitro benzene ring substituents is 1. The molecule has 0 aliphatic rings. The molecule has 2 aromatic rings. The molecule has 0 atom stereocenters. The fourth-order valence-corrected chi connectivity index (χ4v) is 2.25. The van der Waals surface area contributed by atoms with Crippen molar-refractivity contribution in [2.24, 2.45) is 0 Å². The molecule has 0 aliphatic heterocycles. The van der Waals surface area contributed by atoms with Gasteiger partial charge in [-0.15, -0.1) is 0 Å². The van der Waals surface area contributed by atoms with Crippen molar-refractivity contribution in [2.75, 3.05) is 0 Å². The zero-order valence-corrected chi connectivity index (χ0v) is 13.0. The van der Waals surface area contributed by atoms with Gasteiger partial charge in [-0.2, -0.15) is 0 Å². The Balaban J connectivity index is 2.19. The Morgan fingerprint density at radius 1 is 1.24 bits per heavy atom. The molecule has 0 bridgehead atoms. The van der Waals surface area contributed by atoms with Gasteiger partial charge in [0.1, 0.15) is 12.4 Å². The van der Waals surface area contributed by atoms with E-state index in [0.29, 0.717) is 10.9 Å². The van der Waals surface area contributed by atoms with Gasteiger partial charge in [-0.1, -0.05) is 39.7 Å². The van der Waals surface area contributed by atoms with Crippen molar-refractivity contribution >= 4 is 33.2 Å². The van der Waals surface area contributed by atoms with Gasteiger partial charge in [0, 0.05) is 11.4 Å². The average Bonchev–Trinajstić information content (AvgIpc) is 2.48. The highest BCUT2D eigenvalue weighted by Crippen LogP contribution is 2.29. The molecule has 0 radical (unpaired) electrons. The first-order valence-electron chi connectivity index (χ1n) is 5.91. The summed E-state index contributed by atoms with van der Waals surface area (Å²) in [5, 5.41) is 11.5. The van der Waals surface area contributed by atoms with E-state index in [1.807, 2.05) is 0 Å². The van der Waals surface area contributed by atoms with Crippen molar-refractivity contribution in [3.05, 3.63) is 68.5 Å². The summed E-state index contributed by atoms with van der Waals surface area (Å²) in [5.74, 6) is -0.363. The zero-order valence-electron chi connectivity index (χ0n) is 10.7. The molecule has 7 heteroatoms. The molecular formula is C14H10BrClFNO3. The van der Waals surface area contributed by atoms with Crippen LogP contribution in [0.25, 0.3) is 0 Å². The maximum Gasteiger partial charge on any atom is 0.311 e. The molecule has 2 aromatic carbocycles. The Morgan fingerprint density at radius 2 is 1.95 bits per heavy atom. The lowest BCUT2D eigenvalue weighted by molar-refractivity contribution is -0.386. The maximum atomic E-state index is 13.0. The molecule has 0 saturated heterocycles. The summed E-state index contributed by atoms with van der Waals surface area (Å²) >= 11 is 8.92. The van der Waals surface area contributed by atoms with E-state index >= 15 is 0 Å². The molecule has 2 rings (SSSR count). The predicted octanol–water partition coefficient (Wildman–Crippen LogP) is 4.86. The molecule has 0 heterocycles. The van der Waals surface area contributed by atoms with E-state index < -0.39 is 10.7 Å². The molecule has 0 amide bonds. The summed E-state index contributed by atoms with van der Waals surface area (Å²) in [4.78, 5) is 10.5. The number of nitro groups is 1. The number of halogens is 3. The minimum atomic E-state index is -0.520. The van der Waals surface area contributed by atoms with E-state index in [-0.39, 0.29) is 23.1 Å². The average molecular weight is 375 g/mol. The Bertz CT molecular complexity index is 681. The molecule has 0 fully saturated rings. The Kier molecular flexibility index (Phi) is 5.14. The quantitative estimate of drug-likeness (QED) is 0.426. The molecule has 0 saturated carbocycles. The van der Waals surface area contributed by atoms with Crippen LogP contribution >= 0.6 is 27.5 Å². The molecule has 0 unspecified atom stereocenters. The van der Waals surface area contributed by atoms with Crippen molar-refractivity contribution in [1.82, 2.24) is 0 Å². The van der Waals surface area contributed by atoms with E-state index in [4.69, 9.17) is 16.3 Å². The van der Waals surface area contributed by atoms with Crippen molar-refractivity contribution in [3.8, 4) is 5.75 Å². The molecule has 0 aliphatic carbocycles. The van der Waals surface area contributed by atoms with Gasteiger partial charge in [0.2, 0.25) is 0 Å². The fraction of sp³-hybridized carbons (Fsp3) is 0.143. The monoisotopic (exact) mass is 373 g/mol. The number of rotatable bonds is 5. The Labute approximate surface area is 133 Å². The van der Waals surface area contributed by atoms with E-state index in [0.717, 1.165) is 5.56 Å². The van der Waals surface area contributed by atoms with Crippen LogP contribution in [0.2, 0.25) is 5.02 Å². The van der Waals surface area contributed by atoms with Gasteiger partial charge < -0.3 is 4.74 Å². The van der Waals surface area contributed by atoms with Gasteiger partial charge >= 0.3 is 5.69 Å². The first kappa shape index (κ1) is 15.7. The first-order chi connectivity index (χ1) is 10.0. The number of hydrogen-bond acceptors (Lipinski definition) is 3. The first-order valence-corrected chi connectivity index (χ1v) is 7.41. The van der Waals surface area contributed by atoms with Gasteiger partial charge in [0.25, 0.3) is 0 Å². The van der Waals surface area contributed by atoms with Crippen LogP contribution in [-0.2, 0) is 11.9 Å². The summed E-state index contributed by atoms with van der Waals surface area (Å²) in [7, 11) is 0. The third-order valence-electron chi connectivity index (χ3n) is 2.75. The van der Waals surface area contributed by atoms with Crippen molar-refractivity contribution in [3.63, 3.8) is 0 Å². The van der Waals surface area contributed by atoms with Crippen LogP contribution in [-0.4, -0.2) is 4.92 Å². The highest BCUT2D eigenvalue weighted by molar-refractivity contribution is 9.08. The lowest BCUT2D eigenvalue weighted by atomic mass is 10.2. The van der Waals surface area contributed by atoms with Crippen LogP contribution in [0.5, 0.6) is 5.75 Å². The number of hydrogen-bond donors (Lipinski definition) is 0. The van der Waals surface area contributed by atoms with Crippen LogP contribution < -0.4 is 4.74 Å². The minimum absolute atomic E-state index is 0.0137. The van der Waals surface area contributed by atoms with Crippen LogP contribution in [0.3, 0.4) is 0 Å². The summed E-state index contributed by atoms with van der Waals surface area (Å²) in [5.41, 5.74) is 1.29. The minimum Gasteiger partial charge on any atom is -0.482 e. The number of ether oxygens (including phenoxy) is 1. The van der Waals surface area contributed by atoms with Crippen molar-refractivity contribution < 1.29 is 14.1 Å². The second-order valence-electron chi connectivity index (χ2n) is 4.23. The van der Waals surface area contributed by atoms with E-state index in [2.05, 4.69) is 15.9 Å². The summed E-state index contributed by atoms with van der Waals surface area (Å²) < 4.78 is 18.5. The van der Waals surface area contributed by atoms with Crippen LogP contribution in [0.4, 0.5) is 10.1 Å². The Hall–Kier alpha value is -1.66. The van der Waals surface area contributed by atoms with Crippen LogP contribution in [0, 0.1) is 15.9 Å². The molecule has 0 aromatic heterocycles. The zero-order chi connectivity index (χ0) is 15.4. The molecule has 0 N–H and O–H groups in total. The number of benzene rings is 2. The topological polar surface area (TPSA) is 52.4 Å².